The number of nitrogens with zero attached hydrogens (tertiary/aromatic N) is 2. The molecule has 0 aliphatic heterocycles. The number of anilines is 4. The molecule has 0 saturated carbocycles. The molecule has 7 N–H and O–H groups in total. The van der Waals surface area contributed by atoms with Crippen molar-refractivity contribution in [1.82, 2.24) is 9.97 Å². The van der Waals surface area contributed by atoms with Crippen LogP contribution >= 0.6 is 0 Å². The fourth-order valence-corrected chi connectivity index (χ4v) is 3.21. The van der Waals surface area contributed by atoms with Gasteiger partial charge in [-0.1, -0.05) is 24.3 Å². The van der Waals surface area contributed by atoms with Gasteiger partial charge in [0.25, 0.3) is 0 Å². The summed E-state index contributed by atoms with van der Waals surface area (Å²) >= 11 is 0. The standard InChI is InChI=1S/C24H23N7O/c1-14(26)24(32)29-17-6-4-5-15(11-17)22-30-21-8-3-2-7-19(21)23(31-22)28-18-9-10-20(27)16(12-18)13-25/h2-14,25H,26-27H2,1H3,(H,29,32)(H,28,30,31). The van der Waals surface area contributed by atoms with Crippen LogP contribution in [0.25, 0.3) is 22.3 Å². The van der Waals surface area contributed by atoms with Crippen molar-refractivity contribution in [2.24, 2.45) is 5.73 Å². The number of fused-ring (bicyclic) bond motifs is 1. The normalized spacial score (nSPS) is 11.7. The van der Waals surface area contributed by atoms with Gasteiger partial charge in [-0.25, -0.2) is 9.97 Å². The summed E-state index contributed by atoms with van der Waals surface area (Å²) in [6, 6.07) is 19.8. The summed E-state index contributed by atoms with van der Waals surface area (Å²) in [5.74, 6) is 0.858. The van der Waals surface area contributed by atoms with Crippen LogP contribution in [0.2, 0.25) is 0 Å². The molecule has 0 aliphatic rings. The van der Waals surface area contributed by atoms with E-state index >= 15 is 0 Å². The third kappa shape index (κ3) is 4.40. The first-order chi connectivity index (χ1) is 15.4. The number of para-hydroxylation sites is 1. The molecule has 4 rings (SSSR count). The SMILES string of the molecule is CC(N)C(=O)Nc1cccc(-c2nc(Nc3ccc(N)c(C=N)c3)c3ccccc3n2)c1. The van der Waals surface area contributed by atoms with E-state index in [-0.39, 0.29) is 5.91 Å². The Morgan fingerprint density at radius 2 is 1.84 bits per heavy atom. The second kappa shape index (κ2) is 8.83. The molecule has 8 heteroatoms. The number of benzene rings is 3. The Kier molecular flexibility index (Phi) is 5.78. The molecule has 0 fully saturated rings. The van der Waals surface area contributed by atoms with E-state index < -0.39 is 6.04 Å². The van der Waals surface area contributed by atoms with Crippen molar-refractivity contribution < 1.29 is 4.79 Å². The van der Waals surface area contributed by atoms with Crippen LogP contribution in [-0.2, 0) is 4.79 Å². The van der Waals surface area contributed by atoms with E-state index in [4.69, 9.17) is 26.8 Å². The molecule has 0 spiro atoms. The molecule has 1 heterocycles. The lowest BCUT2D eigenvalue weighted by molar-refractivity contribution is -0.117. The van der Waals surface area contributed by atoms with Crippen LogP contribution in [0, 0.1) is 5.41 Å². The number of carbonyl (C=O) groups is 1. The van der Waals surface area contributed by atoms with Crippen LogP contribution in [0.4, 0.5) is 22.9 Å². The zero-order valence-electron chi connectivity index (χ0n) is 17.5. The van der Waals surface area contributed by atoms with Crippen LogP contribution in [0.3, 0.4) is 0 Å². The number of hydrogen-bond acceptors (Lipinski definition) is 7. The monoisotopic (exact) mass is 425 g/mol. The number of amides is 1. The molecule has 3 aromatic carbocycles. The van der Waals surface area contributed by atoms with Crippen molar-refractivity contribution in [3.63, 3.8) is 0 Å². The van der Waals surface area contributed by atoms with E-state index in [9.17, 15) is 4.79 Å². The third-order valence-corrected chi connectivity index (χ3v) is 4.91. The summed E-state index contributed by atoms with van der Waals surface area (Å²) in [5.41, 5.74) is 15.6. The Bertz CT molecular complexity index is 1320. The van der Waals surface area contributed by atoms with E-state index in [2.05, 4.69) is 10.6 Å². The Morgan fingerprint density at radius 3 is 2.62 bits per heavy atom. The number of rotatable bonds is 6. The van der Waals surface area contributed by atoms with Gasteiger partial charge < -0.3 is 27.5 Å². The van der Waals surface area contributed by atoms with Gasteiger partial charge in [0.1, 0.15) is 5.82 Å². The summed E-state index contributed by atoms with van der Waals surface area (Å²) in [5, 5.41) is 14.5. The molecule has 0 aliphatic carbocycles. The lowest BCUT2D eigenvalue weighted by Crippen LogP contribution is -2.32. The maximum atomic E-state index is 12.0. The van der Waals surface area contributed by atoms with Gasteiger partial charge in [-0.15, -0.1) is 0 Å². The Labute approximate surface area is 185 Å². The molecule has 0 saturated heterocycles. The van der Waals surface area contributed by atoms with Crippen LogP contribution in [0.15, 0.2) is 66.7 Å². The van der Waals surface area contributed by atoms with Gasteiger partial charge in [-0.05, 0) is 49.4 Å². The minimum Gasteiger partial charge on any atom is -0.398 e. The smallest absolute Gasteiger partial charge is 0.240 e. The average molecular weight is 425 g/mol. The largest absolute Gasteiger partial charge is 0.398 e. The van der Waals surface area contributed by atoms with Gasteiger partial charge in [0, 0.05) is 39.8 Å². The van der Waals surface area contributed by atoms with Gasteiger partial charge in [-0.3, -0.25) is 4.79 Å². The predicted octanol–water partition coefficient (Wildman–Crippen LogP) is 3.91. The van der Waals surface area contributed by atoms with E-state index in [1.807, 2.05) is 48.5 Å². The highest BCUT2D eigenvalue weighted by Gasteiger charge is 2.12. The summed E-state index contributed by atoms with van der Waals surface area (Å²) in [4.78, 5) is 21.4. The Hall–Kier alpha value is -4.30. The molecule has 4 aromatic rings. The van der Waals surface area contributed by atoms with Crippen LogP contribution in [-0.4, -0.2) is 28.1 Å². The molecule has 32 heavy (non-hydrogen) atoms. The average Bonchev–Trinajstić information content (AvgIpc) is 2.80. The van der Waals surface area contributed by atoms with Crippen molar-refractivity contribution >= 4 is 45.9 Å². The first kappa shape index (κ1) is 21.0. The molecule has 1 unspecified atom stereocenters. The van der Waals surface area contributed by atoms with Crippen molar-refractivity contribution in [3.8, 4) is 11.4 Å². The first-order valence-electron chi connectivity index (χ1n) is 10.1. The summed E-state index contributed by atoms with van der Waals surface area (Å²) < 4.78 is 0. The summed E-state index contributed by atoms with van der Waals surface area (Å²) in [7, 11) is 0. The van der Waals surface area contributed by atoms with Gasteiger partial charge in [0.05, 0.1) is 11.6 Å². The fraction of sp³-hybridized carbons (Fsp3) is 0.0833. The second-order valence-corrected chi connectivity index (χ2v) is 7.38. The quantitative estimate of drug-likeness (QED) is 0.234. The van der Waals surface area contributed by atoms with Gasteiger partial charge >= 0.3 is 0 Å². The van der Waals surface area contributed by atoms with Crippen molar-refractivity contribution in [2.45, 2.75) is 13.0 Å². The van der Waals surface area contributed by atoms with Crippen LogP contribution in [0.1, 0.15) is 12.5 Å². The third-order valence-electron chi connectivity index (χ3n) is 4.91. The molecule has 8 nitrogen and oxygen atoms in total. The predicted molar refractivity (Wildman–Crippen MR) is 129 cm³/mol. The first-order valence-corrected chi connectivity index (χ1v) is 10.1. The van der Waals surface area contributed by atoms with Crippen LogP contribution in [0.5, 0.6) is 0 Å². The number of carbonyl (C=O) groups excluding carboxylic acids is 1. The Morgan fingerprint density at radius 1 is 1.03 bits per heavy atom. The maximum Gasteiger partial charge on any atom is 0.240 e. The molecule has 0 radical (unpaired) electrons. The van der Waals surface area contributed by atoms with Crippen molar-refractivity contribution in [2.75, 3.05) is 16.4 Å². The summed E-state index contributed by atoms with van der Waals surface area (Å²) in [6.45, 7) is 1.63. The molecular formula is C24H23N7O. The minimum atomic E-state index is -0.614. The molecular weight excluding hydrogens is 402 g/mol. The molecule has 1 amide bonds. The second-order valence-electron chi connectivity index (χ2n) is 7.38. The fourth-order valence-electron chi connectivity index (χ4n) is 3.21. The van der Waals surface area contributed by atoms with Crippen molar-refractivity contribution in [1.29, 1.82) is 5.41 Å². The summed E-state index contributed by atoms with van der Waals surface area (Å²) in [6.07, 6.45) is 1.21. The van der Waals surface area contributed by atoms with E-state index in [1.54, 1.807) is 25.1 Å². The van der Waals surface area contributed by atoms with Crippen molar-refractivity contribution in [3.05, 3.63) is 72.3 Å². The van der Waals surface area contributed by atoms with Gasteiger partial charge in [-0.2, -0.15) is 0 Å². The highest BCUT2D eigenvalue weighted by molar-refractivity contribution is 5.96. The topological polar surface area (TPSA) is 143 Å². The lowest BCUT2D eigenvalue weighted by atomic mass is 10.1. The zero-order valence-corrected chi connectivity index (χ0v) is 17.5. The number of nitrogens with one attached hydrogen (secondary N) is 3. The molecule has 160 valence electrons. The molecule has 0 bridgehead atoms. The van der Waals surface area contributed by atoms with Gasteiger partial charge in [0.2, 0.25) is 5.91 Å². The van der Waals surface area contributed by atoms with E-state index in [1.165, 1.54) is 6.21 Å². The number of nitrogens with two attached hydrogens (primary N) is 2. The molecule has 1 aromatic heterocycles. The van der Waals surface area contributed by atoms with Gasteiger partial charge in [0.15, 0.2) is 5.82 Å². The number of hydrogen-bond donors (Lipinski definition) is 5. The lowest BCUT2D eigenvalue weighted by Gasteiger charge is -2.13. The Balaban J connectivity index is 1.76. The number of nitrogen functional groups attached to an aromatic ring is 1. The van der Waals surface area contributed by atoms with E-state index in [0.717, 1.165) is 22.2 Å². The highest BCUT2D eigenvalue weighted by Crippen LogP contribution is 2.29. The molecule has 1 atom stereocenters. The van der Waals surface area contributed by atoms with E-state index in [0.29, 0.717) is 28.6 Å². The maximum absolute atomic E-state index is 12.0. The number of aromatic nitrogens is 2. The minimum absolute atomic E-state index is 0.269. The van der Waals surface area contributed by atoms with Crippen LogP contribution < -0.4 is 22.1 Å². The zero-order chi connectivity index (χ0) is 22.7. The highest BCUT2D eigenvalue weighted by atomic mass is 16.2.